The van der Waals surface area contributed by atoms with Crippen molar-refractivity contribution in [3.63, 3.8) is 0 Å². The number of hydrogen-bond acceptors (Lipinski definition) is 8. The van der Waals surface area contributed by atoms with Crippen LogP contribution in [0.3, 0.4) is 0 Å². The number of ether oxygens (including phenoxy) is 2. The van der Waals surface area contributed by atoms with E-state index in [-0.39, 0.29) is 11.7 Å². The highest BCUT2D eigenvalue weighted by Crippen LogP contribution is 2.42. The molecule has 28 heavy (non-hydrogen) atoms. The van der Waals surface area contributed by atoms with Gasteiger partial charge >= 0.3 is 0 Å². The summed E-state index contributed by atoms with van der Waals surface area (Å²) < 4.78 is 34.5. The Morgan fingerprint density at radius 3 is 2.75 bits per heavy atom. The molecule has 1 aliphatic heterocycles. The summed E-state index contributed by atoms with van der Waals surface area (Å²) in [5.74, 6) is 2.34. The van der Waals surface area contributed by atoms with Crippen LogP contribution in [0.25, 0.3) is 0 Å². The summed E-state index contributed by atoms with van der Waals surface area (Å²) in [4.78, 5) is 10.8. The van der Waals surface area contributed by atoms with Crippen molar-refractivity contribution in [2.24, 2.45) is 0 Å². The largest absolute Gasteiger partial charge is 0.454 e. The molecule has 0 fully saturated rings. The van der Waals surface area contributed by atoms with Crippen molar-refractivity contribution >= 4 is 33.0 Å². The predicted octanol–water partition coefficient (Wildman–Crippen LogP) is 3.12. The Morgan fingerprint density at radius 1 is 1.11 bits per heavy atom. The molecule has 0 bridgehead atoms. The zero-order valence-corrected chi connectivity index (χ0v) is 16.1. The molecular formula is C19H18N4O4S. The molecule has 0 saturated heterocycles. The third-order valence-corrected chi connectivity index (χ3v) is 5.35. The van der Waals surface area contributed by atoms with Crippen molar-refractivity contribution in [2.45, 2.75) is 4.90 Å². The number of aromatic nitrogens is 2. The van der Waals surface area contributed by atoms with Gasteiger partial charge in [-0.1, -0.05) is 12.1 Å². The normalized spacial score (nSPS) is 12.6. The van der Waals surface area contributed by atoms with Crippen molar-refractivity contribution in [1.82, 2.24) is 9.97 Å². The quantitative estimate of drug-likeness (QED) is 0.701. The Labute approximate surface area is 162 Å². The first-order valence-corrected chi connectivity index (χ1v) is 10.3. The fourth-order valence-electron chi connectivity index (χ4n) is 2.83. The highest BCUT2D eigenvalue weighted by atomic mass is 32.2. The predicted molar refractivity (Wildman–Crippen MR) is 105 cm³/mol. The van der Waals surface area contributed by atoms with Gasteiger partial charge in [-0.15, -0.1) is 0 Å². The molecule has 0 amide bonds. The van der Waals surface area contributed by atoms with Gasteiger partial charge in [0.25, 0.3) is 0 Å². The Morgan fingerprint density at radius 2 is 1.93 bits per heavy atom. The molecule has 0 radical (unpaired) electrons. The minimum atomic E-state index is -3.30. The van der Waals surface area contributed by atoms with E-state index in [1.807, 2.05) is 30.1 Å². The monoisotopic (exact) mass is 398 g/mol. The summed E-state index contributed by atoms with van der Waals surface area (Å²) >= 11 is 0. The summed E-state index contributed by atoms with van der Waals surface area (Å²) in [6.45, 7) is 0.188. The first-order valence-electron chi connectivity index (χ1n) is 8.44. The van der Waals surface area contributed by atoms with Crippen LogP contribution < -0.4 is 19.7 Å². The fourth-order valence-corrected chi connectivity index (χ4v) is 3.50. The van der Waals surface area contributed by atoms with Crippen molar-refractivity contribution in [3.05, 3.63) is 54.7 Å². The highest BCUT2D eigenvalue weighted by Gasteiger charge is 2.21. The van der Waals surface area contributed by atoms with Crippen molar-refractivity contribution in [2.75, 3.05) is 30.3 Å². The van der Waals surface area contributed by atoms with E-state index in [0.29, 0.717) is 29.0 Å². The average Bonchev–Trinajstić information content (AvgIpc) is 3.16. The van der Waals surface area contributed by atoms with Crippen LogP contribution in [0.15, 0.2) is 59.6 Å². The van der Waals surface area contributed by atoms with Gasteiger partial charge < -0.3 is 19.7 Å². The molecule has 3 aromatic rings. The van der Waals surface area contributed by atoms with Gasteiger partial charge in [0.05, 0.1) is 10.6 Å². The van der Waals surface area contributed by atoms with Gasteiger partial charge in [-0.3, -0.25) is 0 Å². The number of nitrogens with one attached hydrogen (secondary N) is 1. The third-order valence-electron chi connectivity index (χ3n) is 4.24. The molecular weight excluding hydrogens is 380 g/mol. The summed E-state index contributed by atoms with van der Waals surface area (Å²) in [5, 5.41) is 3.05. The molecule has 8 nitrogen and oxygen atoms in total. The number of fused-ring (bicyclic) bond motifs is 1. The van der Waals surface area contributed by atoms with E-state index in [0.717, 1.165) is 5.69 Å². The second kappa shape index (κ2) is 7.01. The maximum Gasteiger partial charge on any atom is 0.231 e. The summed E-state index contributed by atoms with van der Waals surface area (Å²) in [7, 11) is -1.43. The Hall–Kier alpha value is -3.33. The van der Waals surface area contributed by atoms with Crippen LogP contribution in [0.4, 0.5) is 23.1 Å². The van der Waals surface area contributed by atoms with Crippen LogP contribution in [0.1, 0.15) is 0 Å². The van der Waals surface area contributed by atoms with Crippen LogP contribution >= 0.6 is 0 Å². The lowest BCUT2D eigenvalue weighted by Crippen LogP contribution is -2.13. The number of rotatable bonds is 5. The van der Waals surface area contributed by atoms with Crippen LogP contribution in [0, 0.1) is 0 Å². The van der Waals surface area contributed by atoms with Crippen molar-refractivity contribution in [1.29, 1.82) is 0 Å². The maximum atomic E-state index is 11.7. The summed E-state index contributed by atoms with van der Waals surface area (Å²) in [6.07, 6.45) is 2.80. The van der Waals surface area contributed by atoms with E-state index >= 15 is 0 Å². The van der Waals surface area contributed by atoms with Gasteiger partial charge in [0.1, 0.15) is 5.82 Å². The minimum absolute atomic E-state index is 0.188. The van der Waals surface area contributed by atoms with Crippen LogP contribution in [0.5, 0.6) is 11.5 Å². The topological polar surface area (TPSA) is 93.7 Å². The number of hydrogen-bond donors (Lipinski definition) is 1. The molecule has 2 aromatic carbocycles. The number of anilines is 4. The van der Waals surface area contributed by atoms with Crippen LogP contribution in [0.2, 0.25) is 0 Å². The third kappa shape index (κ3) is 3.56. The Kier molecular flexibility index (Phi) is 4.52. The minimum Gasteiger partial charge on any atom is -0.454 e. The number of nitrogens with zero attached hydrogens (tertiary/aromatic N) is 3. The molecule has 0 spiro atoms. The molecule has 2 heterocycles. The van der Waals surface area contributed by atoms with Crippen LogP contribution in [-0.4, -0.2) is 38.5 Å². The molecule has 9 heteroatoms. The molecule has 0 atom stereocenters. The van der Waals surface area contributed by atoms with Gasteiger partial charge in [0, 0.05) is 25.2 Å². The molecule has 0 aliphatic carbocycles. The van der Waals surface area contributed by atoms with Crippen LogP contribution in [-0.2, 0) is 9.84 Å². The van der Waals surface area contributed by atoms with Gasteiger partial charge in [-0.2, -0.15) is 4.98 Å². The van der Waals surface area contributed by atoms with Gasteiger partial charge in [-0.05, 0) is 36.4 Å². The standard InChI is InChI=1S/C19H18N4O4S/c1-23(15-7-4-8-16-18(15)27-12-26-16)17-9-10-20-19(22-17)21-13-5-3-6-14(11-13)28(2,24)25/h3-11H,12H2,1-2H3,(H,20,21,22). The molecule has 0 saturated carbocycles. The van der Waals surface area contributed by atoms with E-state index in [9.17, 15) is 8.42 Å². The maximum absolute atomic E-state index is 11.7. The molecule has 0 unspecified atom stereocenters. The van der Waals surface area contributed by atoms with Gasteiger partial charge in [0.2, 0.25) is 12.7 Å². The van der Waals surface area contributed by atoms with E-state index < -0.39 is 9.84 Å². The zero-order chi connectivity index (χ0) is 19.7. The van der Waals surface area contributed by atoms with E-state index in [4.69, 9.17) is 9.47 Å². The molecule has 1 aromatic heterocycles. The van der Waals surface area contributed by atoms with Gasteiger partial charge in [-0.25, -0.2) is 13.4 Å². The second-order valence-electron chi connectivity index (χ2n) is 6.23. The summed E-state index contributed by atoms with van der Waals surface area (Å²) in [5.41, 5.74) is 1.40. The molecule has 144 valence electrons. The lowest BCUT2D eigenvalue weighted by atomic mass is 10.2. The van der Waals surface area contributed by atoms with E-state index in [1.54, 1.807) is 36.5 Å². The van der Waals surface area contributed by atoms with E-state index in [1.165, 1.54) is 6.26 Å². The number of benzene rings is 2. The lowest BCUT2D eigenvalue weighted by molar-refractivity contribution is 0.174. The molecule has 1 N–H and O–H groups in total. The first-order chi connectivity index (χ1) is 13.4. The Bertz CT molecular complexity index is 1130. The second-order valence-corrected chi connectivity index (χ2v) is 8.25. The summed E-state index contributed by atoms with van der Waals surface area (Å²) in [6, 6.07) is 13.9. The van der Waals surface area contributed by atoms with Gasteiger partial charge in [0.15, 0.2) is 21.3 Å². The van der Waals surface area contributed by atoms with Crippen molar-refractivity contribution < 1.29 is 17.9 Å². The molecule has 4 rings (SSSR count). The van der Waals surface area contributed by atoms with Crippen molar-refractivity contribution in [3.8, 4) is 11.5 Å². The smallest absolute Gasteiger partial charge is 0.231 e. The first kappa shape index (κ1) is 18.1. The molecule has 1 aliphatic rings. The highest BCUT2D eigenvalue weighted by molar-refractivity contribution is 7.90. The van der Waals surface area contributed by atoms with E-state index in [2.05, 4.69) is 15.3 Å². The fraction of sp³-hybridized carbons (Fsp3) is 0.158. The number of para-hydroxylation sites is 1. The number of sulfone groups is 1. The SMILES string of the molecule is CN(c1ccnc(Nc2cccc(S(C)(=O)=O)c2)n1)c1cccc2c1OCO2. The zero-order valence-electron chi connectivity index (χ0n) is 15.3. The average molecular weight is 398 g/mol. The Balaban J connectivity index is 1.61. The lowest BCUT2D eigenvalue weighted by Gasteiger charge is -2.20.